The van der Waals surface area contributed by atoms with Crippen LogP contribution in [0, 0.1) is 101 Å². The van der Waals surface area contributed by atoms with Crippen LogP contribution in [0.3, 0.4) is 0 Å². The standard InChI is InChI=1S/2C36H58O9/c2*1-20-17-22(30(32(5,6)41)43-21(2)39)44-28-27(20)33(7)13-14-36-19-35(36)12-11-25(45-26(18-38)42-16-15-37)31(3,4)23(35)9-10-24(36)34(33,8)29(28)40/h18,20,22-30,37,40-41H,9-17,19H2,1-8H3;15,20,22-30,38,40-41H,9-14,16-19H2,1-8H3/t2*20-,22-,23+,24+,25+,26+,27+,28+,29+,30+,33-,34-,35-,36+/m11/s1. The normalized spacial score (nSPS) is 49.3. The first-order chi connectivity index (χ1) is 41.9. The molecule has 512 valence electrons. The fraction of sp³-hybridized carbons (Fsp3) is 0.944. The Labute approximate surface area is 536 Å². The van der Waals surface area contributed by atoms with Gasteiger partial charge in [0.2, 0.25) is 6.29 Å². The first-order valence-corrected chi connectivity index (χ1v) is 35.0. The van der Waals surface area contributed by atoms with Crippen molar-refractivity contribution in [1.82, 2.24) is 0 Å². The van der Waals surface area contributed by atoms with Crippen LogP contribution >= 0.6 is 0 Å². The van der Waals surface area contributed by atoms with Crippen molar-refractivity contribution < 1.29 is 87.7 Å². The molecule has 0 aromatic heterocycles. The van der Waals surface area contributed by atoms with E-state index in [0.717, 1.165) is 77.0 Å². The zero-order valence-corrected chi connectivity index (χ0v) is 57.4. The van der Waals surface area contributed by atoms with Crippen molar-refractivity contribution in [1.29, 1.82) is 0 Å². The molecule has 0 bridgehead atoms. The molecular weight excluding hydrogens is 1150 g/mol. The minimum absolute atomic E-state index is 0.0670. The Balaban J connectivity index is 0.000000185. The summed E-state index contributed by atoms with van der Waals surface area (Å²) in [5, 5.41) is 65.9. The van der Waals surface area contributed by atoms with E-state index < -0.39 is 72.3 Å². The van der Waals surface area contributed by atoms with Gasteiger partial charge in [0.05, 0.1) is 79.9 Å². The summed E-state index contributed by atoms with van der Waals surface area (Å²) in [6.07, 6.45) is 11.0. The minimum Gasteiger partial charge on any atom is -0.457 e. The lowest BCUT2D eigenvalue weighted by Crippen LogP contribution is -2.60. The number of carbonyl (C=O) groups is 4. The SMILES string of the molecule is CC(=O)O[C@@H]([C@H]1C[C@@H](C)[C@H]2[C@H](O1)[C@H](O)[C@@]1(C)[C@@H]3CC[C@H]4C(C)(C)[C@@H](O[C@@H](C=O)OCCO)CC[C@@]45C[C@@]35CC[C@]21C)C(C)(C)O.CC(=O)O[C@@H]([C@H]1C[C@@H](C)[C@H]2[C@H](O1)[C@H](O)[C@@]1(C)[C@@H]3CC[C@H]4C(C)(C)[C@@H](O[C@@H](CO)OCC=O)CC[C@@]45C[C@@]35CC[C@]21C)C(C)(C)O. The number of aliphatic hydroxyl groups excluding tert-OH is 4. The van der Waals surface area contributed by atoms with Crippen LogP contribution in [0.25, 0.3) is 0 Å². The lowest BCUT2D eigenvalue weighted by molar-refractivity contribution is -0.240. The summed E-state index contributed by atoms with van der Waals surface area (Å²) in [7, 11) is 0. The van der Waals surface area contributed by atoms with Gasteiger partial charge in [-0.15, -0.1) is 0 Å². The number of hydrogen-bond acceptors (Lipinski definition) is 18. The highest BCUT2D eigenvalue weighted by molar-refractivity contribution is 5.66. The zero-order chi connectivity index (χ0) is 65.9. The highest BCUT2D eigenvalue weighted by Gasteiger charge is 2.87. The number of ether oxygens (including phenoxy) is 8. The summed E-state index contributed by atoms with van der Waals surface area (Å²) >= 11 is 0. The van der Waals surface area contributed by atoms with Crippen LogP contribution in [0.4, 0.5) is 0 Å². The van der Waals surface area contributed by atoms with E-state index in [1.807, 2.05) is 0 Å². The van der Waals surface area contributed by atoms with Crippen molar-refractivity contribution in [3.8, 4) is 0 Å². The second-order valence-corrected chi connectivity index (χ2v) is 34.9. The summed E-state index contributed by atoms with van der Waals surface area (Å²) in [4.78, 5) is 46.7. The molecule has 6 N–H and O–H groups in total. The van der Waals surface area contributed by atoms with E-state index in [4.69, 9.17) is 37.9 Å². The molecule has 18 heteroatoms. The van der Waals surface area contributed by atoms with Crippen LogP contribution < -0.4 is 0 Å². The quantitative estimate of drug-likeness (QED) is 0.0425. The molecule has 2 saturated heterocycles. The number of rotatable bonds is 18. The second kappa shape index (κ2) is 23.2. The topological polar surface area (TPSA) is 263 Å². The minimum atomic E-state index is -1.28. The molecule has 0 radical (unpaired) electrons. The average Bonchev–Trinajstić information content (AvgIpc) is 1.47. The molecule has 2 heterocycles. The Morgan fingerprint density at radius 3 is 1.34 bits per heavy atom. The maximum absolute atomic E-state index is 12.5. The van der Waals surface area contributed by atoms with Gasteiger partial charge in [0.15, 0.2) is 24.8 Å². The predicted octanol–water partition coefficient (Wildman–Crippen LogP) is 8.84. The fourth-order valence-electron chi connectivity index (χ4n) is 26.1. The summed E-state index contributed by atoms with van der Waals surface area (Å²) < 4.78 is 48.5. The van der Waals surface area contributed by atoms with Gasteiger partial charge in [0.25, 0.3) is 0 Å². The summed E-state index contributed by atoms with van der Waals surface area (Å²) in [6.45, 7) is 32.2. The molecule has 12 rings (SSSR count). The first-order valence-electron chi connectivity index (χ1n) is 35.0. The summed E-state index contributed by atoms with van der Waals surface area (Å²) in [5.41, 5.74) is -2.90. The zero-order valence-electron chi connectivity index (χ0n) is 57.4. The molecule has 0 aromatic rings. The number of carbonyl (C=O) groups excluding carboxylic acids is 4. The van der Waals surface area contributed by atoms with Gasteiger partial charge in [0, 0.05) is 24.7 Å². The van der Waals surface area contributed by atoms with E-state index in [0.29, 0.717) is 49.1 Å². The van der Waals surface area contributed by atoms with Crippen LogP contribution in [0.15, 0.2) is 0 Å². The predicted molar refractivity (Wildman–Crippen MR) is 331 cm³/mol. The van der Waals surface area contributed by atoms with Gasteiger partial charge >= 0.3 is 11.9 Å². The smallest absolute Gasteiger partial charge is 0.303 e. The molecule has 12 aliphatic rings. The molecule has 12 fully saturated rings. The first kappa shape index (κ1) is 69.2. The van der Waals surface area contributed by atoms with E-state index in [-0.39, 0.29) is 129 Å². The Bertz CT molecular complexity index is 2690. The molecule has 0 amide bonds. The van der Waals surface area contributed by atoms with Gasteiger partial charge in [-0.2, -0.15) is 0 Å². The maximum Gasteiger partial charge on any atom is 0.303 e. The molecule has 28 atom stereocenters. The largest absolute Gasteiger partial charge is 0.457 e. The molecule has 10 saturated carbocycles. The molecule has 10 aliphatic carbocycles. The Morgan fingerprint density at radius 1 is 0.578 bits per heavy atom. The molecule has 2 aliphatic heterocycles. The van der Waals surface area contributed by atoms with E-state index >= 15 is 0 Å². The molecule has 90 heavy (non-hydrogen) atoms. The lowest BCUT2D eigenvalue weighted by atomic mass is 9.41. The maximum atomic E-state index is 12.5. The highest BCUT2D eigenvalue weighted by atomic mass is 16.7. The van der Waals surface area contributed by atoms with Crippen LogP contribution in [-0.2, 0) is 57.1 Å². The van der Waals surface area contributed by atoms with Gasteiger partial charge < -0.3 is 73.3 Å². The number of aliphatic hydroxyl groups is 6. The van der Waals surface area contributed by atoms with Crippen LogP contribution in [0.5, 0.6) is 0 Å². The Kier molecular flexibility index (Phi) is 17.9. The lowest BCUT2D eigenvalue weighted by Gasteiger charge is -2.63. The monoisotopic (exact) mass is 1270 g/mol. The molecule has 18 nitrogen and oxygen atoms in total. The summed E-state index contributed by atoms with van der Waals surface area (Å²) in [5.74, 6) is 1.62. The van der Waals surface area contributed by atoms with Crippen molar-refractivity contribution in [2.24, 2.45) is 101 Å². The van der Waals surface area contributed by atoms with Crippen molar-refractivity contribution >= 4 is 24.5 Å². The van der Waals surface area contributed by atoms with Gasteiger partial charge in [0.1, 0.15) is 12.9 Å². The third kappa shape index (κ3) is 9.89. The van der Waals surface area contributed by atoms with E-state index in [1.165, 1.54) is 26.7 Å². The molecule has 0 unspecified atom stereocenters. The van der Waals surface area contributed by atoms with Crippen molar-refractivity contribution in [2.75, 3.05) is 26.4 Å². The average molecular weight is 1270 g/mol. The van der Waals surface area contributed by atoms with Crippen LogP contribution in [0.1, 0.15) is 214 Å². The van der Waals surface area contributed by atoms with Crippen molar-refractivity contribution in [3.05, 3.63) is 0 Å². The van der Waals surface area contributed by atoms with E-state index in [9.17, 15) is 49.8 Å². The molecule has 4 spiro atoms. The van der Waals surface area contributed by atoms with Crippen molar-refractivity contribution in [3.63, 3.8) is 0 Å². The fourth-order valence-corrected chi connectivity index (χ4v) is 26.1. The van der Waals surface area contributed by atoms with Crippen LogP contribution in [0.2, 0.25) is 0 Å². The number of aldehydes is 2. The Hall–Kier alpha value is -2.20. The second-order valence-electron chi connectivity index (χ2n) is 34.9. The van der Waals surface area contributed by atoms with Crippen molar-refractivity contribution in [2.45, 2.75) is 298 Å². The molecular formula is C72H116O18. The number of fused-ring (bicyclic) bond motifs is 8. The van der Waals surface area contributed by atoms with Crippen LogP contribution in [-0.4, -0.2) is 166 Å². The highest BCUT2D eigenvalue weighted by Crippen LogP contribution is 2.91. The van der Waals surface area contributed by atoms with Gasteiger partial charge in [-0.05, 0) is 221 Å². The van der Waals surface area contributed by atoms with E-state index in [1.54, 1.807) is 27.7 Å². The van der Waals surface area contributed by atoms with Gasteiger partial charge in [-0.1, -0.05) is 69.2 Å². The van der Waals surface area contributed by atoms with Gasteiger partial charge in [-0.25, -0.2) is 0 Å². The third-order valence-electron chi connectivity index (χ3n) is 29.8. The van der Waals surface area contributed by atoms with E-state index in [2.05, 4.69) is 69.2 Å². The molecule has 0 aromatic carbocycles. The summed E-state index contributed by atoms with van der Waals surface area (Å²) in [6, 6.07) is 0. The third-order valence-corrected chi connectivity index (χ3v) is 29.8. The number of hydrogen-bond donors (Lipinski definition) is 6. The number of esters is 2. The van der Waals surface area contributed by atoms with Gasteiger partial charge in [-0.3, -0.25) is 14.4 Å². The Morgan fingerprint density at radius 2 is 0.978 bits per heavy atom.